The summed E-state index contributed by atoms with van der Waals surface area (Å²) in [6.07, 6.45) is 7.11. The van der Waals surface area contributed by atoms with Crippen LogP contribution in [-0.4, -0.2) is 5.78 Å². The van der Waals surface area contributed by atoms with Crippen LogP contribution in [0.5, 0.6) is 0 Å². The van der Waals surface area contributed by atoms with Gasteiger partial charge in [-0.3, -0.25) is 4.79 Å². The maximum Gasteiger partial charge on any atom is 0.137 e. The monoisotopic (exact) mass is 266 g/mol. The molecule has 0 unspecified atom stereocenters. The third kappa shape index (κ3) is 5.22. The molecule has 0 saturated carbocycles. The topological polar surface area (TPSA) is 17.1 Å². The molecule has 0 aliphatic heterocycles. The molecule has 1 nitrogen and oxygen atoms in total. The first kappa shape index (κ1) is 15.2. The number of hydrogen-bond donors (Lipinski definition) is 0. The molecule has 100 valence electrons. The first-order valence-electron chi connectivity index (χ1n) is 6.91. The minimum atomic E-state index is 0.0188. The van der Waals surface area contributed by atoms with Crippen molar-refractivity contribution >= 4 is 17.4 Å². The van der Waals surface area contributed by atoms with Crippen LogP contribution in [0.25, 0.3) is 0 Å². The van der Waals surface area contributed by atoms with Gasteiger partial charge in [-0.15, -0.1) is 0 Å². The number of benzene rings is 1. The predicted molar refractivity (Wildman–Crippen MR) is 78.3 cm³/mol. The summed E-state index contributed by atoms with van der Waals surface area (Å²) in [5.74, 6) is 0.262. The largest absolute Gasteiger partial charge is 0.299 e. The van der Waals surface area contributed by atoms with Gasteiger partial charge in [-0.2, -0.15) is 0 Å². The zero-order valence-corrected chi connectivity index (χ0v) is 12.2. The van der Waals surface area contributed by atoms with E-state index >= 15 is 0 Å². The number of carbonyl (C=O) groups is 1. The van der Waals surface area contributed by atoms with E-state index < -0.39 is 0 Å². The first-order chi connectivity index (χ1) is 8.65. The van der Waals surface area contributed by atoms with Gasteiger partial charge in [-0.1, -0.05) is 62.8 Å². The van der Waals surface area contributed by atoms with Crippen LogP contribution >= 0.6 is 11.6 Å². The first-order valence-corrected chi connectivity index (χ1v) is 7.29. The minimum Gasteiger partial charge on any atom is -0.299 e. The molecular weight excluding hydrogens is 244 g/mol. The van der Waals surface area contributed by atoms with Crippen molar-refractivity contribution in [2.45, 2.75) is 58.3 Å². The highest BCUT2D eigenvalue weighted by Crippen LogP contribution is 2.26. The molecule has 0 aliphatic carbocycles. The van der Waals surface area contributed by atoms with E-state index in [0.717, 1.165) is 18.4 Å². The van der Waals surface area contributed by atoms with Gasteiger partial charge in [0.05, 0.1) is 0 Å². The van der Waals surface area contributed by atoms with Gasteiger partial charge in [0, 0.05) is 10.9 Å². The Bertz CT molecular complexity index is 373. The third-order valence-electron chi connectivity index (χ3n) is 3.34. The second kappa shape index (κ2) is 8.31. The van der Waals surface area contributed by atoms with E-state index in [1.165, 1.54) is 25.7 Å². The molecule has 0 spiro atoms. The van der Waals surface area contributed by atoms with Crippen molar-refractivity contribution in [3.8, 4) is 0 Å². The standard InChI is InChI=1S/C16H23ClO/c1-3-4-5-6-7-11-16(13(2)18)14-9-8-10-15(17)12-14/h8-10,12,16H,3-7,11H2,1-2H3/t16-/m0/s1. The highest BCUT2D eigenvalue weighted by molar-refractivity contribution is 6.30. The summed E-state index contributed by atoms with van der Waals surface area (Å²) in [6.45, 7) is 3.89. The van der Waals surface area contributed by atoms with Gasteiger partial charge in [0.2, 0.25) is 0 Å². The van der Waals surface area contributed by atoms with Crippen LogP contribution in [0.2, 0.25) is 5.02 Å². The Morgan fingerprint density at radius 3 is 2.56 bits per heavy atom. The molecule has 0 radical (unpaired) electrons. The number of ketones is 1. The molecule has 0 aliphatic rings. The average molecular weight is 267 g/mol. The fourth-order valence-electron chi connectivity index (χ4n) is 2.28. The van der Waals surface area contributed by atoms with Crippen LogP contribution in [0.1, 0.15) is 63.9 Å². The third-order valence-corrected chi connectivity index (χ3v) is 3.57. The van der Waals surface area contributed by atoms with Gasteiger partial charge in [0.25, 0.3) is 0 Å². The Balaban J connectivity index is 2.53. The predicted octanol–water partition coefficient (Wildman–Crippen LogP) is 5.37. The lowest BCUT2D eigenvalue weighted by atomic mass is 9.90. The minimum absolute atomic E-state index is 0.0188. The van der Waals surface area contributed by atoms with Gasteiger partial charge in [-0.25, -0.2) is 0 Å². The summed E-state index contributed by atoms with van der Waals surface area (Å²) in [4.78, 5) is 11.7. The Hall–Kier alpha value is -0.820. The van der Waals surface area contributed by atoms with E-state index in [1.807, 2.05) is 24.3 Å². The lowest BCUT2D eigenvalue weighted by Gasteiger charge is -2.14. The van der Waals surface area contributed by atoms with E-state index in [4.69, 9.17) is 11.6 Å². The van der Waals surface area contributed by atoms with Crippen molar-refractivity contribution in [1.29, 1.82) is 0 Å². The summed E-state index contributed by atoms with van der Waals surface area (Å²) in [5, 5.41) is 0.713. The lowest BCUT2D eigenvalue weighted by molar-refractivity contribution is -0.118. The van der Waals surface area contributed by atoms with Crippen LogP contribution in [-0.2, 0) is 4.79 Å². The van der Waals surface area contributed by atoms with Gasteiger partial charge in [0.15, 0.2) is 0 Å². The van der Waals surface area contributed by atoms with Crippen molar-refractivity contribution in [2.24, 2.45) is 0 Å². The molecule has 1 rings (SSSR count). The number of carbonyl (C=O) groups excluding carboxylic acids is 1. The Kier molecular flexibility index (Phi) is 7.04. The quantitative estimate of drug-likeness (QED) is 0.578. The molecule has 0 amide bonds. The molecule has 0 aromatic heterocycles. The van der Waals surface area contributed by atoms with Crippen molar-refractivity contribution in [3.05, 3.63) is 34.9 Å². The molecule has 1 atom stereocenters. The Morgan fingerprint density at radius 2 is 1.94 bits per heavy atom. The van der Waals surface area contributed by atoms with Crippen molar-refractivity contribution in [3.63, 3.8) is 0 Å². The number of rotatable bonds is 8. The lowest BCUT2D eigenvalue weighted by Crippen LogP contribution is -2.08. The molecular formula is C16H23ClO. The SMILES string of the molecule is CCCCCCC[C@@H](C(C)=O)c1cccc(Cl)c1. The van der Waals surface area contributed by atoms with E-state index in [1.54, 1.807) is 6.92 Å². The Labute approximate surface area is 116 Å². The summed E-state index contributed by atoms with van der Waals surface area (Å²) in [7, 11) is 0. The summed E-state index contributed by atoms with van der Waals surface area (Å²) >= 11 is 5.98. The Morgan fingerprint density at radius 1 is 1.22 bits per heavy atom. The van der Waals surface area contributed by atoms with Crippen LogP contribution < -0.4 is 0 Å². The van der Waals surface area contributed by atoms with E-state index in [-0.39, 0.29) is 11.7 Å². The average Bonchev–Trinajstić information content (AvgIpc) is 2.33. The molecule has 0 fully saturated rings. The van der Waals surface area contributed by atoms with Crippen molar-refractivity contribution in [2.75, 3.05) is 0 Å². The fraction of sp³-hybridized carbons (Fsp3) is 0.562. The van der Waals surface area contributed by atoms with E-state index in [9.17, 15) is 4.79 Å². The molecule has 0 bridgehead atoms. The second-order valence-corrected chi connectivity index (χ2v) is 5.36. The number of hydrogen-bond acceptors (Lipinski definition) is 1. The van der Waals surface area contributed by atoms with Gasteiger partial charge in [-0.05, 0) is 31.0 Å². The zero-order valence-electron chi connectivity index (χ0n) is 11.4. The van der Waals surface area contributed by atoms with Gasteiger partial charge < -0.3 is 0 Å². The van der Waals surface area contributed by atoms with E-state index in [0.29, 0.717) is 5.02 Å². The normalized spacial score (nSPS) is 12.4. The van der Waals surface area contributed by atoms with E-state index in [2.05, 4.69) is 6.92 Å². The molecule has 0 saturated heterocycles. The summed E-state index contributed by atoms with van der Waals surface area (Å²) in [6, 6.07) is 7.69. The second-order valence-electron chi connectivity index (χ2n) is 4.92. The van der Waals surface area contributed by atoms with Crippen LogP contribution in [0.4, 0.5) is 0 Å². The molecule has 18 heavy (non-hydrogen) atoms. The number of unbranched alkanes of at least 4 members (excludes halogenated alkanes) is 4. The van der Waals surface area contributed by atoms with Crippen LogP contribution in [0.3, 0.4) is 0 Å². The smallest absolute Gasteiger partial charge is 0.137 e. The highest BCUT2D eigenvalue weighted by atomic mass is 35.5. The van der Waals surface area contributed by atoms with Crippen molar-refractivity contribution < 1.29 is 4.79 Å². The maximum atomic E-state index is 11.7. The number of Topliss-reactive ketones (excluding diaryl/α,β-unsaturated/α-hetero) is 1. The van der Waals surface area contributed by atoms with Crippen LogP contribution in [0, 0.1) is 0 Å². The van der Waals surface area contributed by atoms with Gasteiger partial charge in [0.1, 0.15) is 5.78 Å². The maximum absolute atomic E-state index is 11.7. The zero-order chi connectivity index (χ0) is 13.4. The molecule has 2 heteroatoms. The molecule has 0 N–H and O–H groups in total. The van der Waals surface area contributed by atoms with Gasteiger partial charge >= 0.3 is 0 Å². The van der Waals surface area contributed by atoms with Crippen LogP contribution in [0.15, 0.2) is 24.3 Å². The number of halogens is 1. The summed E-state index contributed by atoms with van der Waals surface area (Å²) < 4.78 is 0. The molecule has 1 aromatic carbocycles. The highest BCUT2D eigenvalue weighted by Gasteiger charge is 2.16. The molecule has 0 heterocycles. The van der Waals surface area contributed by atoms with Crippen molar-refractivity contribution in [1.82, 2.24) is 0 Å². The summed E-state index contributed by atoms with van der Waals surface area (Å²) in [5.41, 5.74) is 1.06. The molecule has 1 aromatic rings. The fourth-order valence-corrected chi connectivity index (χ4v) is 2.48.